The molecule has 5 heteroatoms. The van der Waals surface area contributed by atoms with Crippen LogP contribution in [0.3, 0.4) is 0 Å². The molecule has 0 amide bonds. The molecule has 0 aromatic carbocycles. The fourth-order valence-electron chi connectivity index (χ4n) is 3.09. The third-order valence-electron chi connectivity index (χ3n) is 4.38. The molecule has 2 fully saturated rings. The SMILES string of the molecule is CCCCOC(=O)C1CC2CCC1(C(=O)OCCCC)O2. The topological polar surface area (TPSA) is 61.8 Å². The lowest BCUT2D eigenvalue weighted by Gasteiger charge is -2.28. The largest absolute Gasteiger partial charge is 0.465 e. The summed E-state index contributed by atoms with van der Waals surface area (Å²) in [5, 5.41) is 0. The molecule has 2 heterocycles. The molecule has 0 aliphatic carbocycles. The molecule has 2 saturated heterocycles. The zero-order valence-corrected chi connectivity index (χ0v) is 13.1. The van der Waals surface area contributed by atoms with E-state index in [1.807, 2.05) is 13.8 Å². The number of carbonyl (C=O) groups excluding carboxylic acids is 2. The van der Waals surface area contributed by atoms with E-state index >= 15 is 0 Å². The van der Waals surface area contributed by atoms with Crippen LogP contribution in [-0.4, -0.2) is 36.9 Å². The van der Waals surface area contributed by atoms with E-state index in [2.05, 4.69) is 0 Å². The molecule has 2 aliphatic heterocycles. The van der Waals surface area contributed by atoms with E-state index in [0.717, 1.165) is 32.1 Å². The number of carbonyl (C=O) groups is 2. The summed E-state index contributed by atoms with van der Waals surface area (Å²) in [6, 6.07) is 0. The predicted octanol–water partition coefficient (Wildman–Crippen LogP) is 2.61. The first kappa shape index (κ1) is 16.3. The minimum Gasteiger partial charge on any atom is -0.465 e. The van der Waals surface area contributed by atoms with Crippen LogP contribution in [0.4, 0.5) is 0 Å². The maximum atomic E-state index is 12.4. The summed E-state index contributed by atoms with van der Waals surface area (Å²) in [4.78, 5) is 24.6. The summed E-state index contributed by atoms with van der Waals surface area (Å²) in [7, 11) is 0. The smallest absolute Gasteiger partial charge is 0.339 e. The summed E-state index contributed by atoms with van der Waals surface area (Å²) in [6.45, 7) is 4.89. The Kier molecular flexibility index (Phi) is 5.62. The summed E-state index contributed by atoms with van der Waals surface area (Å²) < 4.78 is 16.4. The molecule has 3 unspecified atom stereocenters. The van der Waals surface area contributed by atoms with E-state index in [-0.39, 0.29) is 18.0 Å². The van der Waals surface area contributed by atoms with Gasteiger partial charge < -0.3 is 14.2 Å². The van der Waals surface area contributed by atoms with Crippen LogP contribution >= 0.6 is 0 Å². The first-order valence-electron chi connectivity index (χ1n) is 8.15. The quantitative estimate of drug-likeness (QED) is 0.509. The number of unbranched alkanes of at least 4 members (excludes halogenated alkanes) is 2. The van der Waals surface area contributed by atoms with Gasteiger partial charge in [0.2, 0.25) is 0 Å². The van der Waals surface area contributed by atoms with Crippen molar-refractivity contribution in [2.75, 3.05) is 13.2 Å². The molecule has 5 nitrogen and oxygen atoms in total. The maximum Gasteiger partial charge on any atom is 0.339 e. The highest BCUT2D eigenvalue weighted by Gasteiger charge is 2.62. The second kappa shape index (κ2) is 7.25. The van der Waals surface area contributed by atoms with Gasteiger partial charge in [-0.15, -0.1) is 0 Å². The van der Waals surface area contributed by atoms with Crippen LogP contribution in [0.5, 0.6) is 0 Å². The molecule has 0 aromatic rings. The van der Waals surface area contributed by atoms with Gasteiger partial charge in [-0.2, -0.15) is 0 Å². The van der Waals surface area contributed by atoms with Crippen molar-refractivity contribution in [1.29, 1.82) is 0 Å². The third-order valence-corrected chi connectivity index (χ3v) is 4.38. The average Bonchev–Trinajstić information content (AvgIpc) is 3.07. The highest BCUT2D eigenvalue weighted by molar-refractivity contribution is 5.89. The minimum absolute atomic E-state index is 0.00699. The first-order valence-corrected chi connectivity index (χ1v) is 8.15. The van der Waals surface area contributed by atoms with Gasteiger partial charge in [-0.3, -0.25) is 4.79 Å². The van der Waals surface area contributed by atoms with Crippen LogP contribution in [0.15, 0.2) is 0 Å². The minimum atomic E-state index is -1.08. The second-order valence-corrected chi connectivity index (χ2v) is 5.97. The van der Waals surface area contributed by atoms with E-state index in [1.165, 1.54) is 0 Å². The number of ether oxygens (including phenoxy) is 3. The van der Waals surface area contributed by atoms with Gasteiger partial charge in [-0.25, -0.2) is 4.79 Å². The van der Waals surface area contributed by atoms with Gasteiger partial charge in [-0.1, -0.05) is 26.7 Å². The normalized spacial score (nSPS) is 30.4. The van der Waals surface area contributed by atoms with Crippen LogP contribution in [0, 0.1) is 5.92 Å². The molecule has 2 rings (SSSR count). The Balaban J connectivity index is 1.97. The molecule has 2 bridgehead atoms. The number of hydrogen-bond acceptors (Lipinski definition) is 5. The van der Waals surface area contributed by atoms with E-state index in [1.54, 1.807) is 0 Å². The Morgan fingerprint density at radius 1 is 1.14 bits per heavy atom. The Hall–Kier alpha value is -1.10. The Morgan fingerprint density at radius 3 is 2.43 bits per heavy atom. The molecule has 0 N–H and O–H groups in total. The molecule has 0 saturated carbocycles. The molecule has 0 radical (unpaired) electrons. The molecule has 0 spiro atoms. The summed E-state index contributed by atoms with van der Waals surface area (Å²) in [5.74, 6) is -1.19. The molecule has 2 aliphatic rings. The standard InChI is InChI=1S/C16H26O5/c1-3-5-9-19-14(17)13-11-12-7-8-16(13,21-12)15(18)20-10-6-4-2/h12-13H,3-11H2,1-2H3. The van der Waals surface area contributed by atoms with Crippen molar-refractivity contribution in [2.24, 2.45) is 5.92 Å². The van der Waals surface area contributed by atoms with Crippen LogP contribution in [0.25, 0.3) is 0 Å². The lowest BCUT2D eigenvalue weighted by atomic mass is 9.78. The number of rotatable bonds is 8. The van der Waals surface area contributed by atoms with Crippen molar-refractivity contribution in [1.82, 2.24) is 0 Å². The Morgan fingerprint density at radius 2 is 1.81 bits per heavy atom. The summed E-state index contributed by atoms with van der Waals surface area (Å²) in [6.07, 6.45) is 5.57. The highest BCUT2D eigenvalue weighted by Crippen LogP contribution is 2.49. The van der Waals surface area contributed by atoms with Crippen LogP contribution in [0.1, 0.15) is 58.8 Å². The van der Waals surface area contributed by atoms with Crippen molar-refractivity contribution < 1.29 is 23.8 Å². The van der Waals surface area contributed by atoms with Gasteiger partial charge in [0.1, 0.15) is 0 Å². The van der Waals surface area contributed by atoms with Gasteiger partial charge in [0, 0.05) is 0 Å². The average molecular weight is 298 g/mol. The van der Waals surface area contributed by atoms with Crippen molar-refractivity contribution >= 4 is 11.9 Å². The van der Waals surface area contributed by atoms with E-state index in [4.69, 9.17) is 14.2 Å². The number of hydrogen-bond donors (Lipinski definition) is 0. The third kappa shape index (κ3) is 3.39. The first-order chi connectivity index (χ1) is 10.1. The van der Waals surface area contributed by atoms with Crippen molar-refractivity contribution in [3.8, 4) is 0 Å². The van der Waals surface area contributed by atoms with E-state index < -0.39 is 11.5 Å². The number of fused-ring (bicyclic) bond motifs is 2. The lowest BCUT2D eigenvalue weighted by Crippen LogP contribution is -2.47. The van der Waals surface area contributed by atoms with E-state index in [0.29, 0.717) is 26.1 Å². The monoisotopic (exact) mass is 298 g/mol. The van der Waals surface area contributed by atoms with Crippen molar-refractivity contribution in [3.63, 3.8) is 0 Å². The maximum absolute atomic E-state index is 12.4. The lowest BCUT2D eigenvalue weighted by molar-refractivity contribution is -0.176. The fourth-order valence-corrected chi connectivity index (χ4v) is 3.09. The van der Waals surface area contributed by atoms with E-state index in [9.17, 15) is 9.59 Å². The van der Waals surface area contributed by atoms with Gasteiger partial charge >= 0.3 is 11.9 Å². The van der Waals surface area contributed by atoms with Gasteiger partial charge in [0.25, 0.3) is 0 Å². The summed E-state index contributed by atoms with van der Waals surface area (Å²) in [5.41, 5.74) is -1.08. The van der Waals surface area contributed by atoms with Crippen molar-refractivity contribution in [2.45, 2.75) is 70.5 Å². The zero-order chi connectivity index (χ0) is 15.3. The molecular weight excluding hydrogens is 272 g/mol. The Bertz CT molecular complexity index is 381. The van der Waals surface area contributed by atoms with Crippen LogP contribution in [-0.2, 0) is 23.8 Å². The molecule has 0 aromatic heterocycles. The highest BCUT2D eigenvalue weighted by atomic mass is 16.6. The molecular formula is C16H26O5. The van der Waals surface area contributed by atoms with Gasteiger partial charge in [-0.05, 0) is 32.1 Å². The van der Waals surface area contributed by atoms with Crippen LogP contribution in [0.2, 0.25) is 0 Å². The molecule has 3 atom stereocenters. The number of esters is 2. The second-order valence-electron chi connectivity index (χ2n) is 5.97. The van der Waals surface area contributed by atoms with Crippen LogP contribution < -0.4 is 0 Å². The Labute approximate surface area is 126 Å². The predicted molar refractivity (Wildman–Crippen MR) is 76.7 cm³/mol. The van der Waals surface area contributed by atoms with Gasteiger partial charge in [0.05, 0.1) is 25.2 Å². The zero-order valence-electron chi connectivity index (χ0n) is 13.1. The fraction of sp³-hybridized carbons (Fsp3) is 0.875. The summed E-state index contributed by atoms with van der Waals surface area (Å²) >= 11 is 0. The van der Waals surface area contributed by atoms with Crippen molar-refractivity contribution in [3.05, 3.63) is 0 Å². The van der Waals surface area contributed by atoms with Gasteiger partial charge in [0.15, 0.2) is 5.60 Å². The molecule has 120 valence electrons. The molecule has 21 heavy (non-hydrogen) atoms.